The third kappa shape index (κ3) is 6.44. The Hall–Kier alpha value is -2.63. The van der Waals surface area contributed by atoms with Crippen LogP contribution in [-0.2, 0) is 16.4 Å². The lowest BCUT2D eigenvalue weighted by molar-refractivity contribution is 0.306. The maximum Gasteiger partial charge on any atom is 0.181 e. The summed E-state index contributed by atoms with van der Waals surface area (Å²) in [6.07, 6.45) is 1.44. The van der Waals surface area contributed by atoms with Crippen LogP contribution >= 0.6 is 0 Å². The Morgan fingerprint density at radius 3 is 1.86 bits per heavy atom. The van der Waals surface area contributed by atoms with Gasteiger partial charge in [0.25, 0.3) is 0 Å². The largest absolute Gasteiger partial charge is 0.489 e. The summed E-state index contributed by atoms with van der Waals surface area (Å²) in [6.45, 7) is 2.23. The molecule has 1 aliphatic heterocycles. The second-order valence-corrected chi connectivity index (χ2v) is 9.12. The van der Waals surface area contributed by atoms with Crippen molar-refractivity contribution in [1.29, 1.82) is 0 Å². The highest BCUT2D eigenvalue weighted by Gasteiger charge is 2.28. The minimum Gasteiger partial charge on any atom is -0.489 e. The molecule has 3 aromatic carbocycles. The molecule has 0 radical (unpaired) electrons. The van der Waals surface area contributed by atoms with Gasteiger partial charge in [-0.15, -0.1) is 0 Å². The lowest BCUT2D eigenvalue weighted by Crippen LogP contribution is -2.35. The van der Waals surface area contributed by atoms with Crippen LogP contribution in [0.5, 0.6) is 5.75 Å². The van der Waals surface area contributed by atoms with E-state index in [2.05, 4.69) is 17.4 Å². The van der Waals surface area contributed by atoms with Crippen LogP contribution in [0.15, 0.2) is 95.9 Å². The summed E-state index contributed by atoms with van der Waals surface area (Å²) in [7, 11) is -3.10. The third-order valence-corrected chi connectivity index (χ3v) is 7.07. The summed E-state index contributed by atoms with van der Waals surface area (Å²) >= 11 is 0. The van der Waals surface area contributed by atoms with E-state index in [9.17, 15) is 8.42 Å². The van der Waals surface area contributed by atoms with Crippen LogP contribution in [-0.4, -0.2) is 26.8 Å². The standard InChI is InChI=1S/C13H12O.C11H15NO2S/c1-3-7-12(8-4-1)11-14-13-9-5-2-6-10-13;13-15(14,10-4-2-1-3-5-10)11-6-8-12-9-7-11/h1-10H,11H2;1-5,11-12H,6-9H2. The highest BCUT2D eigenvalue weighted by Crippen LogP contribution is 2.21. The topological polar surface area (TPSA) is 55.4 Å². The fourth-order valence-electron chi connectivity index (χ4n) is 3.17. The quantitative estimate of drug-likeness (QED) is 0.675. The fourth-order valence-corrected chi connectivity index (χ4v) is 4.94. The first-order valence-electron chi connectivity index (χ1n) is 9.88. The number of benzene rings is 3. The van der Waals surface area contributed by atoms with E-state index in [-0.39, 0.29) is 5.25 Å². The zero-order valence-electron chi connectivity index (χ0n) is 16.4. The Labute approximate surface area is 173 Å². The van der Waals surface area contributed by atoms with Crippen LogP contribution in [0.1, 0.15) is 18.4 Å². The molecule has 29 heavy (non-hydrogen) atoms. The molecule has 1 saturated heterocycles. The summed E-state index contributed by atoms with van der Waals surface area (Å²) in [5.74, 6) is 0.913. The van der Waals surface area contributed by atoms with Gasteiger partial charge in [-0.05, 0) is 55.8 Å². The zero-order valence-corrected chi connectivity index (χ0v) is 17.2. The number of para-hydroxylation sites is 1. The van der Waals surface area contributed by atoms with Crippen molar-refractivity contribution in [1.82, 2.24) is 5.32 Å². The van der Waals surface area contributed by atoms with Crippen LogP contribution < -0.4 is 10.1 Å². The molecule has 1 N–H and O–H groups in total. The molecule has 1 heterocycles. The molecule has 0 amide bonds. The van der Waals surface area contributed by atoms with Crippen molar-refractivity contribution in [3.63, 3.8) is 0 Å². The molecule has 0 spiro atoms. The van der Waals surface area contributed by atoms with Crippen LogP contribution in [0.25, 0.3) is 0 Å². The molecular formula is C24H27NO3S. The maximum atomic E-state index is 12.2. The van der Waals surface area contributed by atoms with E-state index in [0.717, 1.165) is 31.7 Å². The van der Waals surface area contributed by atoms with Crippen LogP contribution in [0.4, 0.5) is 0 Å². The molecule has 3 aromatic rings. The average Bonchev–Trinajstić information content (AvgIpc) is 2.81. The predicted molar refractivity (Wildman–Crippen MR) is 117 cm³/mol. The predicted octanol–water partition coefficient (Wildman–Crippen LogP) is 4.48. The SMILES string of the molecule is O=S(=O)(c1ccccc1)C1CCNCC1.c1ccc(COc2ccccc2)cc1. The van der Waals surface area contributed by atoms with Gasteiger partial charge in [-0.25, -0.2) is 8.42 Å². The molecule has 1 fully saturated rings. The normalized spacial score (nSPS) is 14.5. The molecule has 4 rings (SSSR count). The van der Waals surface area contributed by atoms with Gasteiger partial charge in [0, 0.05) is 0 Å². The molecule has 0 saturated carbocycles. The molecule has 0 bridgehead atoms. The minimum absolute atomic E-state index is 0.207. The Bertz CT molecular complexity index is 900. The molecule has 0 aliphatic carbocycles. The van der Waals surface area contributed by atoms with Gasteiger partial charge in [0.15, 0.2) is 9.84 Å². The van der Waals surface area contributed by atoms with E-state index in [1.165, 1.54) is 5.56 Å². The van der Waals surface area contributed by atoms with Crippen molar-refractivity contribution in [3.05, 3.63) is 96.6 Å². The Morgan fingerprint density at radius 1 is 0.759 bits per heavy atom. The second kappa shape index (κ2) is 10.8. The molecule has 152 valence electrons. The van der Waals surface area contributed by atoms with E-state index in [0.29, 0.717) is 11.5 Å². The lowest BCUT2D eigenvalue weighted by atomic mass is 10.2. The van der Waals surface area contributed by atoms with Gasteiger partial charge in [-0.1, -0.05) is 66.7 Å². The van der Waals surface area contributed by atoms with Crippen molar-refractivity contribution in [2.24, 2.45) is 0 Å². The molecular weight excluding hydrogens is 382 g/mol. The van der Waals surface area contributed by atoms with E-state index in [1.807, 2.05) is 54.6 Å². The zero-order chi connectivity index (χ0) is 20.4. The highest BCUT2D eigenvalue weighted by atomic mass is 32.2. The molecule has 1 aliphatic rings. The first-order valence-corrected chi connectivity index (χ1v) is 11.4. The average molecular weight is 410 g/mol. The first-order chi connectivity index (χ1) is 14.2. The van der Waals surface area contributed by atoms with Crippen molar-refractivity contribution < 1.29 is 13.2 Å². The molecule has 0 aromatic heterocycles. The van der Waals surface area contributed by atoms with Crippen molar-refractivity contribution >= 4 is 9.84 Å². The summed E-state index contributed by atoms with van der Waals surface area (Å²) in [5.41, 5.74) is 1.19. The van der Waals surface area contributed by atoms with Crippen molar-refractivity contribution in [2.75, 3.05) is 13.1 Å². The highest BCUT2D eigenvalue weighted by molar-refractivity contribution is 7.92. The number of hydrogen-bond donors (Lipinski definition) is 1. The Kier molecular flexibility index (Phi) is 7.85. The van der Waals surface area contributed by atoms with Gasteiger partial charge in [-0.2, -0.15) is 0 Å². The number of rotatable bonds is 5. The maximum absolute atomic E-state index is 12.2. The van der Waals surface area contributed by atoms with Crippen molar-refractivity contribution in [3.8, 4) is 5.75 Å². The van der Waals surface area contributed by atoms with Gasteiger partial charge >= 0.3 is 0 Å². The number of ether oxygens (including phenoxy) is 1. The second-order valence-electron chi connectivity index (χ2n) is 6.89. The number of hydrogen-bond acceptors (Lipinski definition) is 4. The van der Waals surface area contributed by atoms with Gasteiger partial charge in [0.05, 0.1) is 10.1 Å². The number of nitrogens with one attached hydrogen (secondary N) is 1. The van der Waals surface area contributed by atoms with Gasteiger partial charge < -0.3 is 10.1 Å². The first kappa shape index (κ1) is 21.1. The van der Waals surface area contributed by atoms with Crippen LogP contribution in [0.2, 0.25) is 0 Å². The molecule has 4 nitrogen and oxygen atoms in total. The van der Waals surface area contributed by atoms with Crippen LogP contribution in [0, 0.1) is 0 Å². The Morgan fingerprint density at radius 2 is 1.28 bits per heavy atom. The smallest absolute Gasteiger partial charge is 0.181 e. The summed E-state index contributed by atoms with van der Waals surface area (Å²) < 4.78 is 29.9. The lowest BCUT2D eigenvalue weighted by Gasteiger charge is -2.22. The van der Waals surface area contributed by atoms with E-state index >= 15 is 0 Å². The molecule has 0 atom stereocenters. The third-order valence-electron chi connectivity index (χ3n) is 4.79. The number of sulfone groups is 1. The van der Waals surface area contributed by atoms with Gasteiger partial charge in [0.2, 0.25) is 0 Å². The summed E-state index contributed by atoms with van der Waals surface area (Å²) in [4.78, 5) is 0.455. The van der Waals surface area contributed by atoms with Crippen LogP contribution in [0.3, 0.4) is 0 Å². The van der Waals surface area contributed by atoms with Gasteiger partial charge in [0.1, 0.15) is 12.4 Å². The van der Waals surface area contributed by atoms with E-state index < -0.39 is 9.84 Å². The molecule has 5 heteroatoms. The summed E-state index contributed by atoms with van der Waals surface area (Å²) in [6, 6.07) is 28.7. The monoisotopic (exact) mass is 409 g/mol. The van der Waals surface area contributed by atoms with E-state index in [4.69, 9.17) is 4.74 Å². The number of piperidine rings is 1. The van der Waals surface area contributed by atoms with E-state index in [1.54, 1.807) is 24.3 Å². The minimum atomic E-state index is -3.10. The fraction of sp³-hybridized carbons (Fsp3) is 0.250. The van der Waals surface area contributed by atoms with Gasteiger partial charge in [-0.3, -0.25) is 0 Å². The summed E-state index contributed by atoms with van der Waals surface area (Å²) in [5, 5.41) is 2.97. The molecule has 0 unspecified atom stereocenters. The Balaban J connectivity index is 0.000000166. The van der Waals surface area contributed by atoms with Crippen molar-refractivity contribution in [2.45, 2.75) is 29.6 Å².